The van der Waals surface area contributed by atoms with Crippen molar-refractivity contribution in [2.75, 3.05) is 10.6 Å². The number of hydrogen-bond acceptors (Lipinski definition) is 5. The van der Waals surface area contributed by atoms with Crippen LogP contribution in [0.25, 0.3) is 4.96 Å². The van der Waals surface area contributed by atoms with E-state index in [9.17, 15) is 14.4 Å². The number of halogens is 2. The third-order valence-corrected chi connectivity index (χ3v) is 6.52. The molecule has 0 fully saturated rings. The smallest absolute Gasteiger partial charge is 0.274 e. The van der Waals surface area contributed by atoms with Gasteiger partial charge < -0.3 is 10.6 Å². The van der Waals surface area contributed by atoms with Crippen LogP contribution in [0.5, 0.6) is 0 Å². The van der Waals surface area contributed by atoms with Crippen LogP contribution in [0.1, 0.15) is 37.0 Å². The van der Waals surface area contributed by atoms with E-state index in [1.807, 2.05) is 26.0 Å². The molecule has 0 aliphatic carbocycles. The van der Waals surface area contributed by atoms with E-state index in [0.29, 0.717) is 27.1 Å². The first kappa shape index (κ1) is 23.0. The number of carbonyl (C=O) groups excluding carboxylic acids is 2. The molecule has 0 spiro atoms. The first-order valence-corrected chi connectivity index (χ1v) is 11.4. The van der Waals surface area contributed by atoms with Gasteiger partial charge in [0.15, 0.2) is 4.96 Å². The molecular formula is C23H18Cl2N4O3S. The Kier molecular flexibility index (Phi) is 6.25. The molecule has 0 aliphatic rings. The number of carbonyl (C=O) groups is 2. The summed E-state index contributed by atoms with van der Waals surface area (Å²) < 4.78 is 1.15. The second-order valence-corrected chi connectivity index (χ2v) is 9.30. The van der Waals surface area contributed by atoms with Crippen LogP contribution in [0.2, 0.25) is 10.0 Å². The Balaban J connectivity index is 1.82. The maximum atomic E-state index is 13.4. The fraction of sp³-hybridized carbons (Fsp3) is 0.130. The topological polar surface area (TPSA) is 92.6 Å². The third-order valence-electron chi connectivity index (χ3n) is 5.04. The number of rotatable bonds is 4. The van der Waals surface area contributed by atoms with E-state index in [0.717, 1.165) is 26.9 Å². The highest BCUT2D eigenvalue weighted by molar-refractivity contribution is 7.19. The fourth-order valence-corrected chi connectivity index (χ4v) is 4.92. The molecule has 7 nitrogen and oxygen atoms in total. The molecule has 0 unspecified atom stereocenters. The monoisotopic (exact) mass is 500 g/mol. The Morgan fingerprint density at radius 2 is 1.67 bits per heavy atom. The number of fused-ring (bicyclic) bond motifs is 1. The molecule has 4 aromatic rings. The van der Waals surface area contributed by atoms with Gasteiger partial charge in [0.25, 0.3) is 17.4 Å². The molecule has 2 aromatic heterocycles. The van der Waals surface area contributed by atoms with Gasteiger partial charge in [0.2, 0.25) is 0 Å². The van der Waals surface area contributed by atoms with Crippen LogP contribution in [0.3, 0.4) is 0 Å². The van der Waals surface area contributed by atoms with Gasteiger partial charge in [-0.15, -0.1) is 0 Å². The molecular weight excluding hydrogens is 483 g/mol. The summed E-state index contributed by atoms with van der Waals surface area (Å²) in [6.45, 7) is 5.48. The first-order valence-electron chi connectivity index (χ1n) is 9.82. The predicted molar refractivity (Wildman–Crippen MR) is 132 cm³/mol. The minimum absolute atomic E-state index is 0.0316. The molecule has 0 saturated heterocycles. The summed E-state index contributed by atoms with van der Waals surface area (Å²) in [5.74, 6) is -1.19. The molecule has 2 amide bonds. The standard InChI is InChI=1S/C23H18Cl2N4O3S/c1-11-5-4-6-17(13(11)3)28-21(31)19-20(33-23-26-12(2)7-18(30)29(19)23)22(32)27-16-9-14(24)8-15(25)10-16/h4-10H,1-3H3,(H,27,32)(H,28,31). The Morgan fingerprint density at radius 1 is 0.970 bits per heavy atom. The Bertz CT molecular complexity index is 1470. The minimum Gasteiger partial charge on any atom is -0.321 e. The number of hydrogen-bond donors (Lipinski definition) is 2. The lowest BCUT2D eigenvalue weighted by Gasteiger charge is -2.11. The molecule has 0 aliphatic heterocycles. The van der Waals surface area contributed by atoms with E-state index in [4.69, 9.17) is 23.2 Å². The van der Waals surface area contributed by atoms with Crippen molar-refractivity contribution in [2.45, 2.75) is 20.8 Å². The summed E-state index contributed by atoms with van der Waals surface area (Å²) >= 11 is 13.0. The van der Waals surface area contributed by atoms with E-state index in [1.165, 1.54) is 24.3 Å². The van der Waals surface area contributed by atoms with Gasteiger partial charge in [-0.3, -0.25) is 14.4 Å². The Hall–Kier alpha value is -3.20. The van der Waals surface area contributed by atoms with Gasteiger partial charge in [-0.1, -0.05) is 46.7 Å². The molecule has 10 heteroatoms. The summed E-state index contributed by atoms with van der Waals surface area (Å²) in [7, 11) is 0. The van der Waals surface area contributed by atoms with E-state index >= 15 is 0 Å². The zero-order valence-electron chi connectivity index (χ0n) is 17.8. The van der Waals surface area contributed by atoms with Crippen molar-refractivity contribution in [3.63, 3.8) is 0 Å². The lowest BCUT2D eigenvalue weighted by Crippen LogP contribution is -2.25. The lowest BCUT2D eigenvalue weighted by molar-refractivity contribution is 0.0989. The van der Waals surface area contributed by atoms with E-state index < -0.39 is 17.4 Å². The molecule has 0 bridgehead atoms. The lowest BCUT2D eigenvalue weighted by atomic mass is 10.1. The van der Waals surface area contributed by atoms with E-state index in [-0.39, 0.29) is 15.5 Å². The maximum absolute atomic E-state index is 13.4. The summed E-state index contributed by atoms with van der Waals surface area (Å²) in [5, 5.41) is 6.20. The minimum atomic E-state index is -0.600. The number of amides is 2. The van der Waals surface area contributed by atoms with Crippen molar-refractivity contribution in [3.8, 4) is 0 Å². The zero-order chi connectivity index (χ0) is 23.9. The molecule has 4 rings (SSSR count). The Morgan fingerprint density at radius 3 is 2.36 bits per heavy atom. The number of aryl methyl sites for hydroxylation is 2. The average Bonchev–Trinajstić information content (AvgIpc) is 3.10. The van der Waals surface area contributed by atoms with Crippen LogP contribution in [-0.2, 0) is 0 Å². The first-order chi connectivity index (χ1) is 15.6. The van der Waals surface area contributed by atoms with Crippen LogP contribution in [0.4, 0.5) is 11.4 Å². The van der Waals surface area contributed by atoms with Crippen molar-refractivity contribution >= 4 is 62.7 Å². The molecule has 0 saturated carbocycles. The SMILES string of the molecule is Cc1cc(=O)n2c(C(=O)Nc3cccc(C)c3C)c(C(=O)Nc3cc(Cl)cc(Cl)c3)sc2n1. The molecule has 168 valence electrons. The highest BCUT2D eigenvalue weighted by atomic mass is 35.5. The number of nitrogens with one attached hydrogen (secondary N) is 2. The largest absolute Gasteiger partial charge is 0.321 e. The number of nitrogens with zero attached hydrogens (tertiary/aromatic N) is 2. The average molecular weight is 501 g/mol. The molecule has 2 aromatic carbocycles. The molecule has 33 heavy (non-hydrogen) atoms. The summed E-state index contributed by atoms with van der Waals surface area (Å²) in [6.07, 6.45) is 0. The van der Waals surface area contributed by atoms with Crippen molar-refractivity contribution in [2.24, 2.45) is 0 Å². The number of thiazole rings is 1. The molecule has 0 atom stereocenters. The molecule has 2 N–H and O–H groups in total. The summed E-state index contributed by atoms with van der Waals surface area (Å²) in [4.78, 5) is 43.9. The normalized spacial score (nSPS) is 10.9. The maximum Gasteiger partial charge on any atom is 0.274 e. The van der Waals surface area contributed by atoms with Crippen LogP contribution in [0, 0.1) is 20.8 Å². The van der Waals surface area contributed by atoms with Gasteiger partial charge in [-0.2, -0.15) is 0 Å². The summed E-state index contributed by atoms with van der Waals surface area (Å²) in [6, 6.07) is 11.4. The van der Waals surface area contributed by atoms with Gasteiger partial charge in [0.05, 0.1) is 0 Å². The van der Waals surface area contributed by atoms with Crippen molar-refractivity contribution in [1.29, 1.82) is 0 Å². The second-order valence-electron chi connectivity index (χ2n) is 7.45. The van der Waals surface area contributed by atoms with Gasteiger partial charge in [0.1, 0.15) is 10.6 Å². The van der Waals surface area contributed by atoms with Crippen LogP contribution >= 0.6 is 34.5 Å². The van der Waals surface area contributed by atoms with Gasteiger partial charge >= 0.3 is 0 Å². The second kappa shape index (κ2) is 8.97. The number of benzene rings is 2. The highest BCUT2D eigenvalue weighted by Gasteiger charge is 2.26. The van der Waals surface area contributed by atoms with E-state index in [2.05, 4.69) is 15.6 Å². The van der Waals surface area contributed by atoms with E-state index in [1.54, 1.807) is 13.0 Å². The van der Waals surface area contributed by atoms with Gasteiger partial charge in [-0.05, 0) is 56.2 Å². The molecule has 0 radical (unpaired) electrons. The fourth-order valence-electron chi connectivity index (χ4n) is 3.33. The van der Waals surface area contributed by atoms with Crippen molar-refractivity contribution < 1.29 is 9.59 Å². The predicted octanol–water partition coefficient (Wildman–Crippen LogP) is 5.49. The van der Waals surface area contributed by atoms with Crippen LogP contribution in [0.15, 0.2) is 47.3 Å². The van der Waals surface area contributed by atoms with Crippen molar-refractivity contribution in [3.05, 3.63) is 90.3 Å². The number of anilines is 2. The van der Waals surface area contributed by atoms with Crippen LogP contribution in [-0.4, -0.2) is 21.2 Å². The van der Waals surface area contributed by atoms with Gasteiger partial charge in [-0.25, -0.2) is 9.38 Å². The Labute approximate surface area is 203 Å². The number of aromatic nitrogens is 2. The highest BCUT2D eigenvalue weighted by Crippen LogP contribution is 2.27. The van der Waals surface area contributed by atoms with Gasteiger partial charge in [0, 0.05) is 33.2 Å². The summed E-state index contributed by atoms with van der Waals surface area (Å²) in [5.41, 5.74) is 2.74. The molecule has 2 heterocycles. The van der Waals surface area contributed by atoms with Crippen LogP contribution < -0.4 is 16.2 Å². The quantitative estimate of drug-likeness (QED) is 0.387. The van der Waals surface area contributed by atoms with Crippen molar-refractivity contribution in [1.82, 2.24) is 9.38 Å². The zero-order valence-corrected chi connectivity index (χ0v) is 20.2. The third kappa shape index (κ3) is 4.64.